The maximum Gasteiger partial charge on any atom is 0.344 e. The van der Waals surface area contributed by atoms with Gasteiger partial charge in [-0.05, 0) is 45.2 Å². The van der Waals surface area contributed by atoms with Gasteiger partial charge in [0.1, 0.15) is 5.75 Å². The van der Waals surface area contributed by atoms with Crippen LogP contribution in [0.4, 0.5) is 0 Å². The van der Waals surface area contributed by atoms with Crippen LogP contribution in [0.1, 0.15) is 37.8 Å². The van der Waals surface area contributed by atoms with Gasteiger partial charge in [0.2, 0.25) is 0 Å². The quantitative estimate of drug-likeness (QED) is 0.608. The van der Waals surface area contributed by atoms with Crippen molar-refractivity contribution < 1.29 is 27.5 Å². The molecule has 1 aliphatic heterocycles. The molecule has 0 bridgehead atoms. The van der Waals surface area contributed by atoms with Gasteiger partial charge in [0.15, 0.2) is 23.1 Å². The number of aryl methyl sites for hydroxylation is 2. The van der Waals surface area contributed by atoms with Crippen molar-refractivity contribution in [3.05, 3.63) is 29.3 Å². The molecule has 28 heavy (non-hydrogen) atoms. The highest BCUT2D eigenvalue weighted by Gasteiger charge is 2.36. The Labute approximate surface area is 166 Å². The fourth-order valence-electron chi connectivity index (χ4n) is 3.36. The molecule has 0 aromatic heterocycles. The number of ether oxygens (including phenoxy) is 2. The lowest BCUT2D eigenvalue weighted by atomic mass is 10.1. The molecule has 8 heteroatoms. The number of esters is 1. The van der Waals surface area contributed by atoms with Gasteiger partial charge in [-0.25, -0.2) is 13.2 Å². The molecule has 2 rings (SSSR count). The van der Waals surface area contributed by atoms with Gasteiger partial charge < -0.3 is 14.4 Å². The Kier molecular flexibility index (Phi) is 7.46. The highest BCUT2D eigenvalue weighted by Crippen LogP contribution is 2.22. The lowest BCUT2D eigenvalue weighted by Gasteiger charge is -2.33. The Morgan fingerprint density at radius 2 is 1.96 bits per heavy atom. The molecule has 0 spiro atoms. The van der Waals surface area contributed by atoms with Gasteiger partial charge in [-0.15, -0.1) is 0 Å². The minimum absolute atomic E-state index is 0.0349. The van der Waals surface area contributed by atoms with E-state index in [1.807, 2.05) is 39.8 Å². The number of carbonyl (C=O) groups is 2. The second-order valence-corrected chi connectivity index (χ2v) is 9.56. The summed E-state index contributed by atoms with van der Waals surface area (Å²) in [6.45, 7) is 6.94. The summed E-state index contributed by atoms with van der Waals surface area (Å²) in [4.78, 5) is 26.2. The molecule has 1 heterocycles. The molecule has 1 amide bonds. The minimum Gasteiger partial charge on any atom is -0.482 e. The highest BCUT2D eigenvalue weighted by molar-refractivity contribution is 7.91. The van der Waals surface area contributed by atoms with Gasteiger partial charge in [0.05, 0.1) is 11.5 Å². The fraction of sp³-hybridized carbons (Fsp3) is 0.600. The third-order valence-electron chi connectivity index (χ3n) is 4.99. The normalized spacial score (nSPS) is 19.1. The van der Waals surface area contributed by atoms with Crippen LogP contribution in [0.15, 0.2) is 18.2 Å². The molecule has 0 radical (unpaired) electrons. The van der Waals surface area contributed by atoms with Gasteiger partial charge in [0, 0.05) is 12.1 Å². The molecule has 7 nitrogen and oxygen atoms in total. The number of rotatable bonds is 8. The summed E-state index contributed by atoms with van der Waals surface area (Å²) >= 11 is 0. The zero-order chi connectivity index (χ0) is 20.9. The number of nitrogens with zero attached hydrogens (tertiary/aromatic N) is 1. The van der Waals surface area contributed by atoms with Gasteiger partial charge in [-0.3, -0.25) is 4.79 Å². The molecule has 0 saturated carbocycles. The Morgan fingerprint density at radius 1 is 1.25 bits per heavy atom. The Morgan fingerprint density at radius 3 is 2.54 bits per heavy atom. The Bertz CT molecular complexity index is 820. The number of amides is 1. The van der Waals surface area contributed by atoms with Crippen molar-refractivity contribution in [1.82, 2.24) is 4.90 Å². The molecule has 2 atom stereocenters. The molecule has 1 aromatic carbocycles. The van der Waals surface area contributed by atoms with Gasteiger partial charge in [-0.1, -0.05) is 24.6 Å². The summed E-state index contributed by atoms with van der Waals surface area (Å²) in [6, 6.07) is 5.13. The second kappa shape index (κ2) is 9.41. The average molecular weight is 412 g/mol. The molecule has 0 N–H and O–H groups in total. The van der Waals surface area contributed by atoms with Crippen LogP contribution in [-0.2, 0) is 24.2 Å². The molecule has 0 aliphatic carbocycles. The van der Waals surface area contributed by atoms with E-state index in [2.05, 4.69) is 0 Å². The summed E-state index contributed by atoms with van der Waals surface area (Å²) in [7, 11) is -3.12. The van der Waals surface area contributed by atoms with Gasteiger partial charge in [-0.2, -0.15) is 0 Å². The number of hydrogen-bond donors (Lipinski definition) is 0. The van der Waals surface area contributed by atoms with Crippen molar-refractivity contribution in [2.45, 2.75) is 52.6 Å². The van der Waals surface area contributed by atoms with E-state index in [0.29, 0.717) is 18.6 Å². The molecule has 0 unspecified atom stereocenters. The average Bonchev–Trinajstić information content (AvgIpc) is 2.98. The van der Waals surface area contributed by atoms with E-state index in [0.717, 1.165) is 11.1 Å². The summed E-state index contributed by atoms with van der Waals surface area (Å²) in [5.41, 5.74) is 2.01. The van der Waals surface area contributed by atoms with Crippen molar-refractivity contribution in [1.29, 1.82) is 0 Å². The number of benzene rings is 1. The summed E-state index contributed by atoms with van der Waals surface area (Å²) in [6.07, 6.45) is 1.11. The fourth-order valence-corrected chi connectivity index (χ4v) is 5.07. The Hall–Kier alpha value is -2.09. The maximum absolute atomic E-state index is 12.6. The van der Waals surface area contributed by atoms with Crippen LogP contribution < -0.4 is 4.74 Å². The topological polar surface area (TPSA) is 90.0 Å². The molecular weight excluding hydrogens is 382 g/mol. The van der Waals surface area contributed by atoms with Crippen molar-refractivity contribution in [3.8, 4) is 5.75 Å². The summed E-state index contributed by atoms with van der Waals surface area (Å²) < 4.78 is 34.1. The van der Waals surface area contributed by atoms with Gasteiger partial charge >= 0.3 is 5.97 Å². The first-order chi connectivity index (χ1) is 13.1. The monoisotopic (exact) mass is 411 g/mol. The van der Waals surface area contributed by atoms with E-state index < -0.39 is 22.4 Å². The number of sulfone groups is 1. The predicted molar refractivity (Wildman–Crippen MR) is 106 cm³/mol. The maximum atomic E-state index is 12.6. The summed E-state index contributed by atoms with van der Waals surface area (Å²) in [5, 5.41) is 0. The van der Waals surface area contributed by atoms with E-state index >= 15 is 0 Å². The predicted octanol–water partition coefficient (Wildman–Crippen LogP) is 2.04. The van der Waals surface area contributed by atoms with Crippen LogP contribution in [0.2, 0.25) is 0 Å². The van der Waals surface area contributed by atoms with Gasteiger partial charge in [0.25, 0.3) is 5.91 Å². The largest absolute Gasteiger partial charge is 0.482 e. The minimum atomic E-state index is -3.12. The molecule has 1 aromatic rings. The third-order valence-corrected chi connectivity index (χ3v) is 6.74. The number of carbonyl (C=O) groups excluding carboxylic acids is 2. The molecule has 156 valence electrons. The molecule has 1 aliphatic rings. The Balaban J connectivity index is 1.89. The van der Waals surface area contributed by atoms with Crippen LogP contribution in [-0.4, -0.2) is 62.0 Å². The zero-order valence-corrected chi connectivity index (χ0v) is 17.8. The zero-order valence-electron chi connectivity index (χ0n) is 16.9. The van der Waals surface area contributed by atoms with Crippen molar-refractivity contribution >= 4 is 21.7 Å². The third kappa shape index (κ3) is 5.95. The smallest absolute Gasteiger partial charge is 0.344 e. The van der Waals surface area contributed by atoms with Crippen LogP contribution in [0.25, 0.3) is 0 Å². The van der Waals surface area contributed by atoms with Crippen LogP contribution in [0.3, 0.4) is 0 Å². The molecule has 1 fully saturated rings. The van der Waals surface area contributed by atoms with E-state index in [4.69, 9.17) is 9.47 Å². The van der Waals surface area contributed by atoms with Crippen molar-refractivity contribution in [3.63, 3.8) is 0 Å². The lowest BCUT2D eigenvalue weighted by Crippen LogP contribution is -2.48. The van der Waals surface area contributed by atoms with Crippen molar-refractivity contribution in [2.24, 2.45) is 0 Å². The SMILES string of the molecule is CC[C@H](C)N(C(=O)COC(=O)COc1ccc(C)cc1C)[C@@H]1CCS(=O)(=O)C1. The summed E-state index contributed by atoms with van der Waals surface area (Å²) in [5.74, 6) is -0.382. The first-order valence-electron chi connectivity index (χ1n) is 9.50. The highest BCUT2D eigenvalue weighted by atomic mass is 32.2. The van der Waals surface area contributed by atoms with Crippen LogP contribution >= 0.6 is 0 Å². The van der Waals surface area contributed by atoms with E-state index in [-0.39, 0.29) is 36.1 Å². The lowest BCUT2D eigenvalue weighted by molar-refractivity contribution is -0.155. The van der Waals surface area contributed by atoms with Crippen molar-refractivity contribution in [2.75, 3.05) is 24.7 Å². The molecule has 1 saturated heterocycles. The van der Waals surface area contributed by atoms with E-state index in [1.165, 1.54) is 0 Å². The first-order valence-corrected chi connectivity index (χ1v) is 11.3. The van der Waals surface area contributed by atoms with Crippen LogP contribution in [0, 0.1) is 13.8 Å². The standard InChI is InChI=1S/C20H29NO6S/c1-5-16(4)21(17-8-9-28(24,25)13-17)19(22)11-27-20(23)12-26-18-7-6-14(2)10-15(18)3/h6-7,10,16-17H,5,8-9,11-13H2,1-4H3/t16-,17+/m0/s1. The molecular formula is C20H29NO6S. The first kappa shape index (κ1) is 22.2. The second-order valence-electron chi connectivity index (χ2n) is 7.33. The van der Waals surface area contributed by atoms with Crippen LogP contribution in [0.5, 0.6) is 5.75 Å². The van der Waals surface area contributed by atoms with E-state index in [1.54, 1.807) is 11.0 Å². The van der Waals surface area contributed by atoms with E-state index in [9.17, 15) is 18.0 Å². The number of hydrogen-bond acceptors (Lipinski definition) is 6.